The Balaban J connectivity index is 1.80. The van der Waals surface area contributed by atoms with Crippen molar-refractivity contribution in [1.82, 2.24) is 0 Å². The summed E-state index contributed by atoms with van der Waals surface area (Å²) in [6.07, 6.45) is 0. The second-order valence-corrected chi connectivity index (χ2v) is 4.46. The first-order chi connectivity index (χ1) is 9.66. The molecule has 20 heavy (non-hydrogen) atoms. The first-order valence-corrected chi connectivity index (χ1v) is 6.32. The van der Waals surface area contributed by atoms with Gasteiger partial charge < -0.3 is 15.2 Å². The molecule has 0 saturated heterocycles. The van der Waals surface area contributed by atoms with Gasteiger partial charge in [-0.1, -0.05) is 30.3 Å². The first-order valence-electron chi connectivity index (χ1n) is 6.32. The standard InChI is InChI=1S/C16H17NO3/c1-12-9-14(17)7-8-15(12)16(18)20-11-19-10-13-5-3-2-4-6-13/h2-9H,10-11,17H2,1H3. The minimum atomic E-state index is -0.407. The lowest BCUT2D eigenvalue weighted by atomic mass is 10.1. The average Bonchev–Trinajstić information content (AvgIpc) is 2.44. The van der Waals surface area contributed by atoms with Crippen LogP contribution in [0, 0.1) is 6.92 Å². The predicted molar refractivity (Wildman–Crippen MR) is 77.1 cm³/mol. The summed E-state index contributed by atoms with van der Waals surface area (Å²) < 4.78 is 10.4. The zero-order valence-electron chi connectivity index (χ0n) is 11.3. The molecule has 0 aliphatic heterocycles. The number of aryl methyl sites for hydroxylation is 1. The second-order valence-electron chi connectivity index (χ2n) is 4.46. The lowest BCUT2D eigenvalue weighted by Gasteiger charge is -2.08. The normalized spacial score (nSPS) is 10.2. The number of hydrogen-bond donors (Lipinski definition) is 1. The zero-order chi connectivity index (χ0) is 14.4. The molecule has 4 nitrogen and oxygen atoms in total. The Bertz CT molecular complexity index is 582. The van der Waals surface area contributed by atoms with E-state index in [1.54, 1.807) is 18.2 Å². The third-order valence-electron chi connectivity index (χ3n) is 2.86. The lowest BCUT2D eigenvalue weighted by molar-refractivity contribution is -0.0381. The van der Waals surface area contributed by atoms with Crippen molar-refractivity contribution in [2.45, 2.75) is 13.5 Å². The Morgan fingerprint density at radius 2 is 1.90 bits per heavy atom. The lowest BCUT2D eigenvalue weighted by Crippen LogP contribution is -2.10. The summed E-state index contributed by atoms with van der Waals surface area (Å²) in [5.41, 5.74) is 8.59. The number of anilines is 1. The molecule has 0 saturated carbocycles. The van der Waals surface area contributed by atoms with Crippen LogP contribution in [0.4, 0.5) is 5.69 Å². The summed E-state index contributed by atoms with van der Waals surface area (Å²) in [6.45, 7) is 2.16. The molecule has 2 aromatic carbocycles. The van der Waals surface area contributed by atoms with Gasteiger partial charge in [-0.05, 0) is 36.2 Å². The molecule has 0 unspecified atom stereocenters. The van der Waals surface area contributed by atoms with Crippen molar-refractivity contribution in [2.75, 3.05) is 12.5 Å². The number of nitrogens with two attached hydrogens (primary N) is 1. The Kier molecular flexibility index (Phi) is 4.74. The number of benzene rings is 2. The van der Waals surface area contributed by atoms with Crippen molar-refractivity contribution in [1.29, 1.82) is 0 Å². The van der Waals surface area contributed by atoms with Crippen LogP contribution in [0.2, 0.25) is 0 Å². The monoisotopic (exact) mass is 271 g/mol. The van der Waals surface area contributed by atoms with Crippen molar-refractivity contribution in [2.24, 2.45) is 0 Å². The molecule has 0 radical (unpaired) electrons. The highest BCUT2D eigenvalue weighted by atomic mass is 16.7. The molecule has 0 fully saturated rings. The average molecular weight is 271 g/mol. The molecule has 2 aromatic rings. The van der Waals surface area contributed by atoms with Crippen LogP contribution in [0.15, 0.2) is 48.5 Å². The van der Waals surface area contributed by atoms with Gasteiger partial charge in [-0.2, -0.15) is 0 Å². The van der Waals surface area contributed by atoms with Gasteiger partial charge in [-0.25, -0.2) is 4.79 Å². The van der Waals surface area contributed by atoms with E-state index in [1.165, 1.54) is 0 Å². The largest absolute Gasteiger partial charge is 0.435 e. The fourth-order valence-electron chi connectivity index (χ4n) is 1.82. The molecular formula is C16H17NO3. The minimum absolute atomic E-state index is 0.0719. The van der Waals surface area contributed by atoms with Crippen molar-refractivity contribution < 1.29 is 14.3 Å². The van der Waals surface area contributed by atoms with Gasteiger partial charge in [0.2, 0.25) is 0 Å². The molecule has 0 amide bonds. The maximum Gasteiger partial charge on any atom is 0.340 e. The summed E-state index contributed by atoms with van der Waals surface area (Å²) in [5.74, 6) is -0.407. The topological polar surface area (TPSA) is 61.6 Å². The molecule has 104 valence electrons. The highest BCUT2D eigenvalue weighted by molar-refractivity contribution is 5.91. The Morgan fingerprint density at radius 3 is 2.60 bits per heavy atom. The molecule has 0 aliphatic rings. The number of nitrogen functional groups attached to an aromatic ring is 1. The number of ether oxygens (including phenoxy) is 2. The number of carbonyl (C=O) groups excluding carboxylic acids is 1. The van der Waals surface area contributed by atoms with Crippen LogP contribution in [0.5, 0.6) is 0 Å². The van der Waals surface area contributed by atoms with Gasteiger partial charge in [-0.3, -0.25) is 0 Å². The van der Waals surface area contributed by atoms with Crippen LogP contribution in [-0.2, 0) is 16.1 Å². The molecule has 0 bridgehead atoms. The molecule has 0 aromatic heterocycles. The van der Waals surface area contributed by atoms with E-state index in [1.807, 2.05) is 37.3 Å². The Morgan fingerprint density at radius 1 is 1.15 bits per heavy atom. The van der Waals surface area contributed by atoms with Crippen LogP contribution in [0.25, 0.3) is 0 Å². The van der Waals surface area contributed by atoms with Crippen LogP contribution in [-0.4, -0.2) is 12.8 Å². The summed E-state index contributed by atoms with van der Waals surface area (Å²) in [6, 6.07) is 14.8. The van der Waals surface area contributed by atoms with Crippen LogP contribution >= 0.6 is 0 Å². The molecule has 2 rings (SSSR count). The molecule has 0 heterocycles. The van der Waals surface area contributed by atoms with E-state index in [0.29, 0.717) is 17.9 Å². The van der Waals surface area contributed by atoms with Crippen molar-refractivity contribution in [3.8, 4) is 0 Å². The summed E-state index contributed by atoms with van der Waals surface area (Å²) >= 11 is 0. The molecule has 2 N–H and O–H groups in total. The maximum absolute atomic E-state index is 11.8. The van der Waals surface area contributed by atoms with Gasteiger partial charge in [0.15, 0.2) is 6.79 Å². The molecule has 4 heteroatoms. The first kappa shape index (κ1) is 14.1. The van der Waals surface area contributed by atoms with Crippen molar-refractivity contribution >= 4 is 11.7 Å². The van der Waals surface area contributed by atoms with E-state index in [9.17, 15) is 4.79 Å². The predicted octanol–water partition coefficient (Wildman–Crippen LogP) is 2.91. The van der Waals surface area contributed by atoms with E-state index < -0.39 is 5.97 Å². The molecule has 0 spiro atoms. The van der Waals surface area contributed by atoms with Gasteiger partial charge >= 0.3 is 5.97 Å². The number of hydrogen-bond acceptors (Lipinski definition) is 4. The van der Waals surface area contributed by atoms with Crippen molar-refractivity contribution in [3.63, 3.8) is 0 Å². The van der Waals surface area contributed by atoms with Crippen molar-refractivity contribution in [3.05, 3.63) is 65.2 Å². The van der Waals surface area contributed by atoms with Crippen LogP contribution < -0.4 is 5.73 Å². The van der Waals surface area contributed by atoms with Crippen LogP contribution in [0.1, 0.15) is 21.5 Å². The van der Waals surface area contributed by atoms with E-state index in [2.05, 4.69) is 0 Å². The number of esters is 1. The van der Waals surface area contributed by atoms with E-state index in [-0.39, 0.29) is 6.79 Å². The SMILES string of the molecule is Cc1cc(N)ccc1C(=O)OCOCc1ccccc1. The fourth-order valence-corrected chi connectivity index (χ4v) is 1.82. The second kappa shape index (κ2) is 6.73. The quantitative estimate of drug-likeness (QED) is 0.393. The van der Waals surface area contributed by atoms with E-state index in [4.69, 9.17) is 15.2 Å². The third kappa shape index (κ3) is 3.83. The van der Waals surface area contributed by atoms with Gasteiger partial charge in [0.05, 0.1) is 12.2 Å². The molecule has 0 atom stereocenters. The maximum atomic E-state index is 11.8. The summed E-state index contributed by atoms with van der Waals surface area (Å²) in [7, 11) is 0. The van der Waals surface area contributed by atoms with Crippen LogP contribution in [0.3, 0.4) is 0 Å². The zero-order valence-corrected chi connectivity index (χ0v) is 11.3. The number of rotatable bonds is 5. The van der Waals surface area contributed by atoms with Gasteiger partial charge in [0, 0.05) is 5.69 Å². The number of carbonyl (C=O) groups is 1. The molecular weight excluding hydrogens is 254 g/mol. The third-order valence-corrected chi connectivity index (χ3v) is 2.86. The van der Waals surface area contributed by atoms with E-state index >= 15 is 0 Å². The molecule has 0 aliphatic carbocycles. The fraction of sp³-hybridized carbons (Fsp3) is 0.188. The Hall–Kier alpha value is -2.33. The van der Waals surface area contributed by atoms with E-state index in [0.717, 1.165) is 11.1 Å². The van der Waals surface area contributed by atoms with Gasteiger partial charge in [0.25, 0.3) is 0 Å². The van der Waals surface area contributed by atoms with Gasteiger partial charge in [-0.15, -0.1) is 0 Å². The minimum Gasteiger partial charge on any atom is -0.435 e. The van der Waals surface area contributed by atoms with Gasteiger partial charge in [0.1, 0.15) is 0 Å². The smallest absolute Gasteiger partial charge is 0.340 e. The highest BCUT2D eigenvalue weighted by Gasteiger charge is 2.10. The summed E-state index contributed by atoms with van der Waals surface area (Å²) in [5, 5.41) is 0. The summed E-state index contributed by atoms with van der Waals surface area (Å²) in [4.78, 5) is 11.8. The Labute approximate surface area is 118 Å². The highest BCUT2D eigenvalue weighted by Crippen LogP contribution is 2.13.